The number of fused-ring (bicyclic) bond motifs is 20. The molecule has 3 heteroatoms. The molecule has 0 saturated carbocycles. The maximum atomic E-state index is 5.38. The molecule has 2 heterocycles. The number of aromatic nitrogens is 2. The Balaban J connectivity index is 0.964. The number of rotatable bonds is 4. The van der Waals surface area contributed by atoms with Crippen LogP contribution < -0.4 is 0 Å². The summed E-state index contributed by atoms with van der Waals surface area (Å²) in [6, 6.07) is 94.9. The number of thiophene rings is 1. The largest absolute Gasteiger partial charge is 0.228 e. The van der Waals surface area contributed by atoms with Gasteiger partial charge in [0.15, 0.2) is 5.82 Å². The third-order valence-corrected chi connectivity index (χ3v) is 17.5. The third-order valence-electron chi connectivity index (χ3n) is 16.4. The Bertz CT molecular complexity index is 4370. The molecule has 16 rings (SSSR count). The van der Waals surface area contributed by atoms with Crippen molar-refractivity contribution in [2.45, 2.75) is 10.8 Å². The van der Waals surface area contributed by atoms with Crippen molar-refractivity contribution in [3.05, 3.63) is 299 Å². The fraction of sp³-hybridized carbons (Fsp3) is 0.0286. The van der Waals surface area contributed by atoms with Gasteiger partial charge in [0.05, 0.1) is 22.2 Å². The predicted molar refractivity (Wildman–Crippen MR) is 302 cm³/mol. The van der Waals surface area contributed by atoms with Gasteiger partial charge in [-0.3, -0.25) is 0 Å². The van der Waals surface area contributed by atoms with E-state index in [0.717, 1.165) is 39.0 Å². The quantitative estimate of drug-likeness (QED) is 0.176. The van der Waals surface area contributed by atoms with Crippen molar-refractivity contribution in [3.8, 4) is 67.3 Å². The summed E-state index contributed by atoms with van der Waals surface area (Å²) in [5, 5.41) is 4.96. The monoisotopic (exact) mass is 942 g/mol. The van der Waals surface area contributed by atoms with Crippen LogP contribution in [0.2, 0.25) is 0 Å². The van der Waals surface area contributed by atoms with Gasteiger partial charge in [0.1, 0.15) is 0 Å². The maximum absolute atomic E-state index is 5.38. The van der Waals surface area contributed by atoms with Gasteiger partial charge in [-0.25, -0.2) is 9.97 Å². The predicted octanol–water partition coefficient (Wildman–Crippen LogP) is 17.7. The molecular formula is C70H42N2S. The number of benzene rings is 11. The van der Waals surface area contributed by atoms with Crippen LogP contribution in [-0.2, 0) is 10.8 Å². The second kappa shape index (κ2) is 15.2. The minimum Gasteiger partial charge on any atom is -0.228 e. The fourth-order valence-electron chi connectivity index (χ4n) is 13.4. The molecule has 13 aromatic rings. The van der Waals surface area contributed by atoms with Crippen molar-refractivity contribution in [2.24, 2.45) is 0 Å². The molecule has 0 atom stereocenters. The van der Waals surface area contributed by atoms with Gasteiger partial charge in [-0.2, -0.15) is 0 Å². The smallest absolute Gasteiger partial charge is 0.160 e. The summed E-state index contributed by atoms with van der Waals surface area (Å²) in [7, 11) is 0. The molecule has 0 bridgehead atoms. The van der Waals surface area contributed by atoms with Crippen LogP contribution in [0.5, 0.6) is 0 Å². The molecule has 0 radical (unpaired) electrons. The van der Waals surface area contributed by atoms with Crippen molar-refractivity contribution in [1.29, 1.82) is 0 Å². The standard InChI is InChI=1S/C70H42N2S/c1-2-19-44(20-3-1)63-42-64(72-68(71-63)48-37-36-43-18-4-5-21-45(43)38-48)47-23-16-22-46(39-47)49-27-17-34-61-67(49)54-40-53-52-26-8-15-35-65(52)73-66(53)41-62(54)70(61)59-32-13-11-30-57(59)69(58-31-12-14-33-60(58)70)55-28-9-6-24-50(55)51-25-7-10-29-56(51)69/h1-42H. The van der Waals surface area contributed by atoms with Crippen LogP contribution in [-0.4, -0.2) is 9.97 Å². The fourth-order valence-corrected chi connectivity index (χ4v) is 14.6. The highest BCUT2D eigenvalue weighted by Gasteiger charge is 2.59. The van der Waals surface area contributed by atoms with Crippen LogP contribution in [0.3, 0.4) is 0 Å². The Morgan fingerprint density at radius 2 is 0.808 bits per heavy atom. The molecular weight excluding hydrogens is 901 g/mol. The first kappa shape index (κ1) is 40.7. The zero-order valence-electron chi connectivity index (χ0n) is 39.6. The zero-order valence-corrected chi connectivity index (χ0v) is 40.4. The summed E-state index contributed by atoms with van der Waals surface area (Å²) in [5.74, 6) is 0.705. The lowest BCUT2D eigenvalue weighted by atomic mass is 9.52. The van der Waals surface area contributed by atoms with Crippen LogP contribution in [0.15, 0.2) is 255 Å². The Morgan fingerprint density at radius 3 is 1.53 bits per heavy atom. The Kier molecular flexibility index (Phi) is 8.50. The second-order valence-corrected chi connectivity index (χ2v) is 21.0. The minimum atomic E-state index is -0.625. The summed E-state index contributed by atoms with van der Waals surface area (Å²) in [4.78, 5) is 10.6. The summed E-state index contributed by atoms with van der Waals surface area (Å²) in [5.41, 5.74) is 22.0. The molecule has 2 aromatic heterocycles. The van der Waals surface area contributed by atoms with Crippen LogP contribution >= 0.6 is 11.3 Å². The Hall–Kier alpha value is -9.02. The van der Waals surface area contributed by atoms with E-state index in [1.165, 1.54) is 97.9 Å². The molecule has 0 aliphatic heterocycles. The van der Waals surface area contributed by atoms with E-state index in [9.17, 15) is 0 Å². The average Bonchev–Trinajstić information content (AvgIpc) is 4.08. The second-order valence-electron chi connectivity index (χ2n) is 19.9. The van der Waals surface area contributed by atoms with Crippen molar-refractivity contribution < 1.29 is 0 Å². The molecule has 0 saturated heterocycles. The van der Waals surface area contributed by atoms with Crippen LogP contribution in [0.4, 0.5) is 0 Å². The first-order valence-electron chi connectivity index (χ1n) is 25.2. The molecule has 338 valence electrons. The summed E-state index contributed by atoms with van der Waals surface area (Å²) in [6.45, 7) is 0. The molecule has 3 aliphatic carbocycles. The molecule has 11 aromatic carbocycles. The summed E-state index contributed by atoms with van der Waals surface area (Å²) < 4.78 is 2.62. The van der Waals surface area contributed by atoms with Crippen LogP contribution in [0.1, 0.15) is 44.5 Å². The van der Waals surface area contributed by atoms with Gasteiger partial charge >= 0.3 is 0 Å². The van der Waals surface area contributed by atoms with E-state index in [1.54, 1.807) is 0 Å². The molecule has 2 nitrogen and oxygen atoms in total. The van der Waals surface area contributed by atoms with E-state index in [0.29, 0.717) is 5.82 Å². The molecule has 3 aliphatic rings. The van der Waals surface area contributed by atoms with E-state index in [2.05, 4.69) is 255 Å². The van der Waals surface area contributed by atoms with Crippen molar-refractivity contribution >= 4 is 42.3 Å². The van der Waals surface area contributed by atoms with Gasteiger partial charge in [0, 0.05) is 36.9 Å². The third kappa shape index (κ3) is 5.52. The lowest BCUT2D eigenvalue weighted by Gasteiger charge is -2.48. The first-order valence-corrected chi connectivity index (χ1v) is 26.0. The highest BCUT2D eigenvalue weighted by Crippen LogP contribution is 2.68. The Morgan fingerprint density at radius 1 is 0.274 bits per heavy atom. The van der Waals surface area contributed by atoms with Gasteiger partial charge in [-0.05, 0) is 125 Å². The van der Waals surface area contributed by atoms with Crippen LogP contribution in [0, 0.1) is 0 Å². The van der Waals surface area contributed by atoms with Gasteiger partial charge in [0.2, 0.25) is 0 Å². The molecule has 0 N–H and O–H groups in total. The lowest BCUT2D eigenvalue weighted by Crippen LogP contribution is -2.43. The zero-order chi connectivity index (χ0) is 47.8. The SMILES string of the molecule is c1ccc(-c2cc(-c3cccc(-c4cccc5c4-c4cc6c(cc4C54c5ccccc5C5(c7ccccc7-c7ccccc75)c5ccccc54)sc4ccccc46)c3)nc(-c3ccc4ccccc4c3)n2)cc1. The first-order chi connectivity index (χ1) is 36.2. The number of hydrogen-bond donors (Lipinski definition) is 0. The number of nitrogens with zero attached hydrogens (tertiary/aromatic N) is 2. The number of hydrogen-bond acceptors (Lipinski definition) is 3. The van der Waals surface area contributed by atoms with Crippen molar-refractivity contribution in [3.63, 3.8) is 0 Å². The van der Waals surface area contributed by atoms with E-state index >= 15 is 0 Å². The maximum Gasteiger partial charge on any atom is 0.160 e. The highest BCUT2D eigenvalue weighted by atomic mass is 32.1. The molecule has 0 amide bonds. The van der Waals surface area contributed by atoms with Crippen molar-refractivity contribution in [1.82, 2.24) is 9.97 Å². The normalized spacial score (nSPS) is 14.0. The lowest BCUT2D eigenvalue weighted by molar-refractivity contribution is 0.633. The summed E-state index contributed by atoms with van der Waals surface area (Å²) in [6.07, 6.45) is 0. The minimum absolute atomic E-state index is 0.510. The van der Waals surface area contributed by atoms with E-state index < -0.39 is 10.8 Å². The average molecular weight is 943 g/mol. The van der Waals surface area contributed by atoms with E-state index in [1.807, 2.05) is 11.3 Å². The van der Waals surface area contributed by atoms with Crippen LogP contribution in [0.25, 0.3) is 98.2 Å². The summed E-state index contributed by atoms with van der Waals surface area (Å²) >= 11 is 1.90. The van der Waals surface area contributed by atoms with Gasteiger partial charge in [-0.15, -0.1) is 11.3 Å². The highest BCUT2D eigenvalue weighted by molar-refractivity contribution is 7.25. The van der Waals surface area contributed by atoms with Gasteiger partial charge < -0.3 is 0 Å². The Labute approximate surface area is 427 Å². The van der Waals surface area contributed by atoms with E-state index in [-0.39, 0.29) is 0 Å². The molecule has 2 spiro atoms. The van der Waals surface area contributed by atoms with Gasteiger partial charge in [-0.1, -0.05) is 218 Å². The van der Waals surface area contributed by atoms with E-state index in [4.69, 9.17) is 9.97 Å². The molecule has 0 fully saturated rings. The van der Waals surface area contributed by atoms with Gasteiger partial charge in [0.25, 0.3) is 0 Å². The molecule has 73 heavy (non-hydrogen) atoms. The molecule has 0 unspecified atom stereocenters. The van der Waals surface area contributed by atoms with Crippen molar-refractivity contribution in [2.75, 3.05) is 0 Å². The topological polar surface area (TPSA) is 25.8 Å².